The number of nitrogens with zero attached hydrogens (tertiary/aromatic N) is 1. The van der Waals surface area contributed by atoms with Gasteiger partial charge in [-0.2, -0.15) is 4.31 Å². The number of sulfonamides is 1. The van der Waals surface area contributed by atoms with Crippen molar-refractivity contribution in [3.63, 3.8) is 0 Å². The predicted octanol–water partition coefficient (Wildman–Crippen LogP) is 3.49. The lowest BCUT2D eigenvalue weighted by molar-refractivity contribution is 0.0645. The average Bonchev–Trinajstić information content (AvgIpc) is 3.52. The molecule has 0 unspecified atom stereocenters. The Kier molecular flexibility index (Phi) is 5.21. The van der Waals surface area contributed by atoms with Crippen molar-refractivity contribution in [1.29, 1.82) is 0 Å². The van der Waals surface area contributed by atoms with Gasteiger partial charge in [0.25, 0.3) is 0 Å². The van der Waals surface area contributed by atoms with Gasteiger partial charge >= 0.3 is 0 Å². The maximum atomic E-state index is 13.6. The van der Waals surface area contributed by atoms with E-state index in [0.717, 1.165) is 17.9 Å². The molecule has 0 spiro atoms. The third-order valence-corrected chi connectivity index (χ3v) is 8.31. The molecule has 2 aliphatic heterocycles. The molecule has 1 aliphatic carbocycles. The van der Waals surface area contributed by atoms with E-state index in [9.17, 15) is 8.42 Å². The van der Waals surface area contributed by atoms with E-state index in [1.54, 1.807) is 35.7 Å². The minimum Gasteiger partial charge on any atom is -0.497 e. The molecule has 5 rings (SSSR count). The highest BCUT2D eigenvalue weighted by Crippen LogP contribution is 2.49. The van der Waals surface area contributed by atoms with Crippen LogP contribution in [0.3, 0.4) is 0 Å². The summed E-state index contributed by atoms with van der Waals surface area (Å²) in [5.74, 6) is 2.27. The fourth-order valence-corrected chi connectivity index (χ4v) is 6.29. The third-order valence-electron chi connectivity index (χ3n) is 6.45. The minimum atomic E-state index is -3.67. The molecule has 0 radical (unpaired) electrons. The number of fused-ring (bicyclic) bond motifs is 3. The quantitative estimate of drug-likeness (QED) is 0.674. The van der Waals surface area contributed by atoms with Gasteiger partial charge in [-0.15, -0.1) is 0 Å². The number of rotatable bonds is 7. The zero-order valence-corrected chi connectivity index (χ0v) is 17.9. The van der Waals surface area contributed by atoms with Gasteiger partial charge in [-0.25, -0.2) is 8.42 Å². The Labute approximate surface area is 177 Å². The molecule has 1 saturated heterocycles. The molecule has 7 heteroatoms. The fourth-order valence-electron chi connectivity index (χ4n) is 4.58. The zero-order valence-electron chi connectivity index (χ0n) is 17.1. The Hall–Kier alpha value is -2.09. The van der Waals surface area contributed by atoms with Gasteiger partial charge in [-0.05, 0) is 49.1 Å². The van der Waals surface area contributed by atoms with Gasteiger partial charge in [0.15, 0.2) is 0 Å². The molecule has 3 atom stereocenters. The van der Waals surface area contributed by atoms with Crippen LogP contribution in [0.4, 0.5) is 0 Å². The van der Waals surface area contributed by atoms with Crippen LogP contribution in [0.1, 0.15) is 24.4 Å². The van der Waals surface area contributed by atoms with E-state index >= 15 is 0 Å². The lowest BCUT2D eigenvalue weighted by Gasteiger charge is -2.34. The van der Waals surface area contributed by atoms with E-state index in [4.69, 9.17) is 14.2 Å². The molecule has 0 N–H and O–H groups in total. The Morgan fingerprint density at radius 3 is 2.57 bits per heavy atom. The molecule has 2 heterocycles. The van der Waals surface area contributed by atoms with Crippen LogP contribution < -0.4 is 9.47 Å². The summed E-state index contributed by atoms with van der Waals surface area (Å²) in [5, 5.41) is 0. The van der Waals surface area contributed by atoms with Crippen molar-refractivity contribution in [2.24, 2.45) is 17.8 Å². The van der Waals surface area contributed by atoms with Crippen LogP contribution in [0.5, 0.6) is 11.5 Å². The molecular weight excluding hydrogens is 402 g/mol. The fraction of sp³-hybridized carbons (Fsp3) is 0.478. The molecule has 30 heavy (non-hydrogen) atoms. The topological polar surface area (TPSA) is 65.1 Å². The van der Waals surface area contributed by atoms with Crippen molar-refractivity contribution in [1.82, 2.24) is 4.31 Å². The first-order chi connectivity index (χ1) is 14.6. The SMILES string of the molecule is COc1ccc(S(=O)(=O)N2C[C@@H](COCC3CC3)[C@@H]3COc4ccccc4[C@@H]32)cc1. The van der Waals surface area contributed by atoms with Gasteiger partial charge < -0.3 is 14.2 Å². The zero-order chi connectivity index (χ0) is 20.7. The van der Waals surface area contributed by atoms with Crippen molar-refractivity contribution in [3.05, 3.63) is 54.1 Å². The van der Waals surface area contributed by atoms with Gasteiger partial charge in [0.1, 0.15) is 11.5 Å². The number of benzene rings is 2. The highest BCUT2D eigenvalue weighted by atomic mass is 32.2. The van der Waals surface area contributed by atoms with Crippen molar-refractivity contribution >= 4 is 10.0 Å². The summed E-state index contributed by atoms with van der Waals surface area (Å²) in [6.45, 7) is 2.29. The summed E-state index contributed by atoms with van der Waals surface area (Å²) in [4.78, 5) is 0.283. The maximum absolute atomic E-state index is 13.6. The molecule has 2 aromatic carbocycles. The van der Waals surface area contributed by atoms with E-state index in [0.29, 0.717) is 31.4 Å². The van der Waals surface area contributed by atoms with Crippen molar-refractivity contribution in [2.75, 3.05) is 33.5 Å². The summed E-state index contributed by atoms with van der Waals surface area (Å²) in [7, 11) is -2.10. The second-order valence-corrected chi connectivity index (χ2v) is 10.3. The summed E-state index contributed by atoms with van der Waals surface area (Å²) in [6.07, 6.45) is 2.48. The molecule has 2 fully saturated rings. The molecule has 1 saturated carbocycles. The van der Waals surface area contributed by atoms with Crippen LogP contribution in [0.2, 0.25) is 0 Å². The van der Waals surface area contributed by atoms with Gasteiger partial charge in [0.2, 0.25) is 10.0 Å². The number of hydrogen-bond donors (Lipinski definition) is 0. The predicted molar refractivity (Wildman–Crippen MR) is 112 cm³/mol. The van der Waals surface area contributed by atoms with E-state index in [1.165, 1.54) is 12.8 Å². The van der Waals surface area contributed by atoms with Gasteiger partial charge in [0, 0.05) is 30.6 Å². The third kappa shape index (κ3) is 3.59. The first-order valence-corrected chi connectivity index (χ1v) is 12.0. The van der Waals surface area contributed by atoms with Crippen molar-refractivity contribution < 1.29 is 22.6 Å². The smallest absolute Gasteiger partial charge is 0.243 e. The molecule has 0 amide bonds. The Balaban J connectivity index is 1.47. The van der Waals surface area contributed by atoms with E-state index in [2.05, 4.69) is 0 Å². The summed E-state index contributed by atoms with van der Waals surface area (Å²) >= 11 is 0. The Bertz CT molecular complexity index is 1000. The molecule has 0 aromatic heterocycles. The Morgan fingerprint density at radius 1 is 1.07 bits per heavy atom. The Morgan fingerprint density at radius 2 is 1.83 bits per heavy atom. The van der Waals surface area contributed by atoms with Crippen LogP contribution in [0.15, 0.2) is 53.4 Å². The highest BCUT2D eigenvalue weighted by Gasteiger charge is 2.51. The molecule has 2 aromatic rings. The second-order valence-electron chi connectivity index (χ2n) is 8.45. The minimum absolute atomic E-state index is 0.0760. The first kappa shape index (κ1) is 19.8. The van der Waals surface area contributed by atoms with Crippen LogP contribution in [0.25, 0.3) is 0 Å². The largest absolute Gasteiger partial charge is 0.497 e. The maximum Gasteiger partial charge on any atom is 0.243 e. The number of ether oxygens (including phenoxy) is 3. The molecule has 6 nitrogen and oxygen atoms in total. The number of methoxy groups -OCH3 is 1. The normalized spacial score (nSPS) is 26.0. The molecule has 0 bridgehead atoms. The van der Waals surface area contributed by atoms with E-state index in [1.807, 2.05) is 24.3 Å². The highest BCUT2D eigenvalue weighted by molar-refractivity contribution is 7.89. The van der Waals surface area contributed by atoms with Crippen LogP contribution in [0, 0.1) is 17.8 Å². The monoisotopic (exact) mass is 429 g/mol. The second kappa shape index (κ2) is 7.87. The van der Waals surface area contributed by atoms with E-state index in [-0.39, 0.29) is 22.8 Å². The van der Waals surface area contributed by atoms with E-state index < -0.39 is 10.0 Å². The summed E-state index contributed by atoms with van der Waals surface area (Å²) in [5.41, 5.74) is 0.940. The molecule has 3 aliphatic rings. The first-order valence-electron chi connectivity index (χ1n) is 10.5. The van der Waals surface area contributed by atoms with Crippen molar-refractivity contribution in [3.8, 4) is 11.5 Å². The summed E-state index contributed by atoms with van der Waals surface area (Å²) in [6, 6.07) is 14.1. The van der Waals surface area contributed by atoms with Gasteiger partial charge in [-0.3, -0.25) is 0 Å². The standard InChI is InChI=1S/C23H27NO5S/c1-27-18-8-10-19(11-9-18)30(25,26)24-12-17(14-28-13-16-6-7-16)21-15-29-22-5-3-2-4-20(22)23(21)24/h2-5,8-11,16-17,21,23H,6-7,12-15H2,1H3/t17-,21-,23-/m0/s1. The van der Waals surface area contributed by atoms with Gasteiger partial charge in [0.05, 0.1) is 31.3 Å². The van der Waals surface area contributed by atoms with Crippen LogP contribution in [-0.2, 0) is 14.8 Å². The van der Waals surface area contributed by atoms with Crippen LogP contribution in [-0.4, -0.2) is 46.2 Å². The van der Waals surface area contributed by atoms with Crippen LogP contribution >= 0.6 is 0 Å². The molecule has 160 valence electrons. The van der Waals surface area contributed by atoms with Crippen molar-refractivity contribution in [2.45, 2.75) is 23.8 Å². The average molecular weight is 430 g/mol. The lowest BCUT2D eigenvalue weighted by Crippen LogP contribution is -2.35. The lowest BCUT2D eigenvalue weighted by atomic mass is 9.86. The summed E-state index contributed by atoms with van der Waals surface area (Å²) < 4.78 is 46.1. The molecular formula is C23H27NO5S. The number of para-hydroxylation sites is 1. The number of hydrogen-bond acceptors (Lipinski definition) is 5. The van der Waals surface area contributed by atoms with Gasteiger partial charge in [-0.1, -0.05) is 18.2 Å².